The number of rotatable bonds is 2. The lowest BCUT2D eigenvalue weighted by atomic mass is 9.97. The third-order valence-corrected chi connectivity index (χ3v) is 2.47. The van der Waals surface area contributed by atoms with Gasteiger partial charge in [0.2, 0.25) is 0 Å². The van der Waals surface area contributed by atoms with Gasteiger partial charge in [-0.2, -0.15) is 0 Å². The van der Waals surface area contributed by atoms with Crippen molar-refractivity contribution in [3.8, 4) is 0 Å². The van der Waals surface area contributed by atoms with Gasteiger partial charge >= 0.3 is 0 Å². The molecule has 0 aromatic rings. The van der Waals surface area contributed by atoms with Gasteiger partial charge in [-0.15, -0.1) is 0 Å². The quantitative estimate of drug-likeness (QED) is 0.678. The smallest absolute Gasteiger partial charge is 0.115 e. The Morgan fingerprint density at radius 2 is 2.33 bits per heavy atom. The summed E-state index contributed by atoms with van der Waals surface area (Å²) in [4.78, 5) is 2.00. The zero-order valence-corrected chi connectivity index (χ0v) is 7.83. The molecule has 1 saturated heterocycles. The number of hydrogen-bond acceptors (Lipinski definition) is 2. The first-order valence-corrected chi connectivity index (χ1v) is 4.64. The molecule has 0 saturated carbocycles. The van der Waals surface area contributed by atoms with Crippen molar-refractivity contribution in [3.05, 3.63) is 0 Å². The van der Waals surface area contributed by atoms with E-state index < -0.39 is 6.17 Å². The molecule has 0 amide bonds. The summed E-state index contributed by atoms with van der Waals surface area (Å²) in [7, 11) is 0. The fraction of sp³-hybridized carbons (Fsp3) is 1.00. The first-order chi connectivity index (χ1) is 5.59. The summed E-state index contributed by atoms with van der Waals surface area (Å²) >= 11 is 0. The van der Waals surface area contributed by atoms with Crippen molar-refractivity contribution in [2.75, 3.05) is 19.6 Å². The normalized spacial score (nSPS) is 35.0. The molecule has 3 heteroatoms. The Labute approximate surface area is 73.4 Å². The van der Waals surface area contributed by atoms with Crippen LogP contribution in [-0.4, -0.2) is 41.9 Å². The van der Waals surface area contributed by atoms with Crippen LogP contribution in [0.4, 0.5) is 4.39 Å². The molecule has 0 aromatic heterocycles. The van der Waals surface area contributed by atoms with Gasteiger partial charge in [-0.05, 0) is 25.8 Å². The van der Waals surface area contributed by atoms with Crippen LogP contribution in [0.25, 0.3) is 0 Å². The zero-order chi connectivity index (χ0) is 9.14. The molecule has 2 nitrogen and oxygen atoms in total. The number of alkyl halides is 1. The summed E-state index contributed by atoms with van der Waals surface area (Å²) < 4.78 is 13.2. The van der Waals surface area contributed by atoms with Crippen LogP contribution >= 0.6 is 0 Å². The molecule has 0 spiro atoms. The molecule has 0 aromatic carbocycles. The van der Waals surface area contributed by atoms with E-state index in [1.165, 1.54) is 0 Å². The van der Waals surface area contributed by atoms with E-state index >= 15 is 0 Å². The summed E-state index contributed by atoms with van der Waals surface area (Å²) in [6.07, 6.45) is -0.142. The number of nitrogens with zero attached hydrogens (tertiary/aromatic N) is 1. The van der Waals surface area contributed by atoms with Gasteiger partial charge in [0.05, 0.1) is 6.10 Å². The van der Waals surface area contributed by atoms with E-state index in [9.17, 15) is 4.39 Å². The predicted molar refractivity (Wildman–Crippen MR) is 46.8 cm³/mol. The lowest BCUT2D eigenvalue weighted by molar-refractivity contribution is 0.0567. The number of piperidine rings is 1. The second-order valence-corrected chi connectivity index (χ2v) is 3.89. The fourth-order valence-electron chi connectivity index (χ4n) is 1.62. The van der Waals surface area contributed by atoms with Gasteiger partial charge < -0.3 is 5.11 Å². The topological polar surface area (TPSA) is 23.5 Å². The predicted octanol–water partition coefficient (Wildman–Crippen LogP) is 1.05. The summed E-state index contributed by atoms with van der Waals surface area (Å²) in [5.41, 5.74) is 0. The Morgan fingerprint density at radius 1 is 1.67 bits per heavy atom. The molecule has 1 heterocycles. The molecular weight excluding hydrogens is 157 g/mol. The molecule has 1 N–H and O–H groups in total. The second kappa shape index (κ2) is 4.19. The highest BCUT2D eigenvalue weighted by atomic mass is 19.1. The third-order valence-electron chi connectivity index (χ3n) is 2.47. The van der Waals surface area contributed by atoms with Crippen molar-refractivity contribution >= 4 is 0 Å². The minimum absolute atomic E-state index is 0.190. The maximum atomic E-state index is 13.2. The van der Waals surface area contributed by atoms with Gasteiger partial charge in [-0.3, -0.25) is 4.90 Å². The molecule has 1 rings (SSSR count). The molecule has 12 heavy (non-hydrogen) atoms. The number of likely N-dealkylation sites (tertiary alicyclic amines) is 1. The average Bonchev–Trinajstić information content (AvgIpc) is 1.96. The molecule has 72 valence electrons. The lowest BCUT2D eigenvalue weighted by Crippen LogP contribution is -2.43. The highest BCUT2D eigenvalue weighted by Gasteiger charge is 2.25. The minimum Gasteiger partial charge on any atom is -0.392 e. The van der Waals surface area contributed by atoms with Gasteiger partial charge in [0.25, 0.3) is 0 Å². The van der Waals surface area contributed by atoms with Gasteiger partial charge in [0, 0.05) is 13.1 Å². The highest BCUT2D eigenvalue weighted by Crippen LogP contribution is 2.19. The Bertz CT molecular complexity index is 140. The van der Waals surface area contributed by atoms with Crippen LogP contribution in [0.5, 0.6) is 0 Å². The molecule has 1 aliphatic rings. The van der Waals surface area contributed by atoms with Crippen LogP contribution in [0.1, 0.15) is 20.3 Å². The third kappa shape index (κ3) is 2.72. The van der Waals surface area contributed by atoms with Crippen LogP contribution in [0.3, 0.4) is 0 Å². The van der Waals surface area contributed by atoms with Crippen molar-refractivity contribution in [1.82, 2.24) is 4.90 Å². The molecule has 3 unspecified atom stereocenters. The van der Waals surface area contributed by atoms with E-state index in [0.29, 0.717) is 13.1 Å². The standard InChI is InChI=1S/C9H18FNO/c1-7-3-4-11(5-8(2)12)6-9(7)10/h7-9,12H,3-6H2,1-2H3. The molecule has 3 atom stereocenters. The Balaban J connectivity index is 2.30. The Kier molecular flexibility index (Phi) is 3.47. The van der Waals surface area contributed by atoms with E-state index in [4.69, 9.17) is 5.11 Å². The first-order valence-electron chi connectivity index (χ1n) is 4.64. The number of β-amino-alcohol motifs (C(OH)–C–C–N with tert-alkyl or cyclic N) is 1. The first kappa shape index (κ1) is 9.93. The summed E-state index contributed by atoms with van der Waals surface area (Å²) in [5.74, 6) is 0.190. The molecule has 0 radical (unpaired) electrons. The van der Waals surface area contributed by atoms with Crippen LogP contribution in [0.2, 0.25) is 0 Å². The van der Waals surface area contributed by atoms with Gasteiger partial charge in [0.15, 0.2) is 0 Å². The second-order valence-electron chi connectivity index (χ2n) is 3.89. The van der Waals surface area contributed by atoms with E-state index in [0.717, 1.165) is 13.0 Å². The van der Waals surface area contributed by atoms with Gasteiger partial charge in [0.1, 0.15) is 6.17 Å². The minimum atomic E-state index is -0.711. The van der Waals surface area contributed by atoms with Crippen molar-refractivity contribution in [2.45, 2.75) is 32.5 Å². The largest absolute Gasteiger partial charge is 0.392 e. The number of hydrogen-bond donors (Lipinski definition) is 1. The molecule has 1 fully saturated rings. The van der Waals surface area contributed by atoms with E-state index in [1.54, 1.807) is 6.92 Å². The maximum Gasteiger partial charge on any atom is 0.115 e. The van der Waals surface area contributed by atoms with Gasteiger partial charge in [-0.1, -0.05) is 6.92 Å². The monoisotopic (exact) mass is 175 g/mol. The summed E-state index contributed by atoms with van der Waals surface area (Å²) in [6, 6.07) is 0. The lowest BCUT2D eigenvalue weighted by Gasteiger charge is -2.33. The number of aliphatic hydroxyl groups is 1. The molecule has 1 aliphatic heterocycles. The molecule has 0 bridgehead atoms. The van der Waals surface area contributed by atoms with Gasteiger partial charge in [-0.25, -0.2) is 4.39 Å². The van der Waals surface area contributed by atoms with Crippen molar-refractivity contribution in [3.63, 3.8) is 0 Å². The zero-order valence-electron chi connectivity index (χ0n) is 7.83. The van der Waals surface area contributed by atoms with Crippen molar-refractivity contribution < 1.29 is 9.50 Å². The average molecular weight is 175 g/mol. The van der Waals surface area contributed by atoms with Crippen molar-refractivity contribution in [1.29, 1.82) is 0 Å². The molecule has 0 aliphatic carbocycles. The van der Waals surface area contributed by atoms with Crippen LogP contribution < -0.4 is 0 Å². The van der Waals surface area contributed by atoms with Crippen LogP contribution in [-0.2, 0) is 0 Å². The van der Waals surface area contributed by atoms with Crippen molar-refractivity contribution in [2.24, 2.45) is 5.92 Å². The maximum absolute atomic E-state index is 13.2. The Morgan fingerprint density at radius 3 is 2.83 bits per heavy atom. The van der Waals surface area contributed by atoms with E-state index in [-0.39, 0.29) is 12.0 Å². The summed E-state index contributed by atoms with van der Waals surface area (Å²) in [6.45, 7) is 5.71. The fourth-order valence-corrected chi connectivity index (χ4v) is 1.62. The van der Waals surface area contributed by atoms with E-state index in [1.807, 2.05) is 11.8 Å². The SMILES string of the molecule is CC(O)CN1CCC(C)C(F)C1. The Hall–Kier alpha value is -0.150. The number of halogens is 1. The van der Waals surface area contributed by atoms with Crippen LogP contribution in [0, 0.1) is 5.92 Å². The summed E-state index contributed by atoms with van der Waals surface area (Å²) in [5, 5.41) is 9.09. The highest BCUT2D eigenvalue weighted by molar-refractivity contribution is 4.78. The number of aliphatic hydroxyl groups excluding tert-OH is 1. The van der Waals surface area contributed by atoms with E-state index in [2.05, 4.69) is 0 Å². The molecular formula is C9H18FNO. The van der Waals surface area contributed by atoms with Crippen LogP contribution in [0.15, 0.2) is 0 Å².